The molecule has 0 spiro atoms. The van der Waals surface area contributed by atoms with Gasteiger partial charge in [-0.05, 0) is 12.8 Å². The molecule has 1 saturated heterocycles. The third-order valence-corrected chi connectivity index (χ3v) is 3.53. The van der Waals surface area contributed by atoms with Crippen molar-refractivity contribution in [1.29, 1.82) is 0 Å². The number of nitrogens with one attached hydrogen (secondary N) is 1. The molecule has 4 atom stereocenters. The highest BCUT2D eigenvalue weighted by molar-refractivity contribution is 6.11. The quantitative estimate of drug-likeness (QED) is 0.332. The van der Waals surface area contributed by atoms with E-state index in [1.807, 2.05) is 0 Å². The number of amides is 1. The van der Waals surface area contributed by atoms with Gasteiger partial charge in [-0.25, -0.2) is 0 Å². The van der Waals surface area contributed by atoms with Gasteiger partial charge in [0.15, 0.2) is 0 Å². The number of unbranched alkanes of at least 4 members (excludes halogenated alkanes) is 3. The van der Waals surface area contributed by atoms with Crippen molar-refractivity contribution in [1.82, 2.24) is 5.32 Å². The summed E-state index contributed by atoms with van der Waals surface area (Å²) in [5.41, 5.74) is 0. The van der Waals surface area contributed by atoms with Gasteiger partial charge < -0.3 is 29.7 Å². The maximum Gasteiger partial charge on any atom is 0.245 e. The maximum atomic E-state index is 11.1. The van der Waals surface area contributed by atoms with Crippen LogP contribution in [0.3, 0.4) is 0 Å². The van der Waals surface area contributed by atoms with E-state index in [1.165, 1.54) is 7.11 Å². The molecule has 126 valence electrons. The lowest BCUT2D eigenvalue weighted by molar-refractivity contribution is -0.124. The molecule has 1 aliphatic heterocycles. The fourth-order valence-corrected chi connectivity index (χ4v) is 2.32. The van der Waals surface area contributed by atoms with Crippen molar-refractivity contribution in [2.45, 2.75) is 50.0 Å². The van der Waals surface area contributed by atoms with Crippen molar-refractivity contribution in [3.63, 3.8) is 0 Å². The van der Waals surface area contributed by atoms with Crippen molar-refractivity contribution in [3.05, 3.63) is 0 Å². The SMILES string of the molecule is [B]C1OC(CO)C(O)C1OCCCCCCNC(=O)COC. The summed E-state index contributed by atoms with van der Waals surface area (Å²) in [5, 5.41) is 21.6. The van der Waals surface area contributed by atoms with Crippen LogP contribution in [0.15, 0.2) is 0 Å². The van der Waals surface area contributed by atoms with Crippen LogP contribution >= 0.6 is 0 Å². The number of aliphatic hydroxyl groups is 2. The van der Waals surface area contributed by atoms with Crippen molar-refractivity contribution in [2.24, 2.45) is 0 Å². The maximum absolute atomic E-state index is 11.1. The smallest absolute Gasteiger partial charge is 0.245 e. The zero-order valence-electron chi connectivity index (χ0n) is 13.1. The van der Waals surface area contributed by atoms with Crippen LogP contribution in [0, 0.1) is 0 Å². The van der Waals surface area contributed by atoms with Crippen LogP contribution < -0.4 is 5.32 Å². The molecule has 7 nitrogen and oxygen atoms in total. The predicted octanol–water partition coefficient (Wildman–Crippen LogP) is -1.06. The van der Waals surface area contributed by atoms with Crippen molar-refractivity contribution in [2.75, 3.05) is 33.5 Å². The third-order valence-electron chi connectivity index (χ3n) is 3.53. The minimum Gasteiger partial charge on any atom is -0.394 e. The van der Waals surface area contributed by atoms with E-state index in [4.69, 9.17) is 27.2 Å². The fourth-order valence-electron chi connectivity index (χ4n) is 2.32. The fraction of sp³-hybridized carbons (Fsp3) is 0.929. The van der Waals surface area contributed by atoms with Crippen LogP contribution in [0.25, 0.3) is 0 Å². The second-order valence-corrected chi connectivity index (χ2v) is 5.34. The molecular weight excluding hydrogens is 289 g/mol. The largest absolute Gasteiger partial charge is 0.394 e. The van der Waals surface area contributed by atoms with E-state index in [-0.39, 0.29) is 19.1 Å². The monoisotopic (exact) mass is 315 g/mol. The first-order valence-corrected chi connectivity index (χ1v) is 7.67. The van der Waals surface area contributed by atoms with Gasteiger partial charge in [-0.3, -0.25) is 4.79 Å². The molecule has 8 heteroatoms. The number of hydrogen-bond donors (Lipinski definition) is 3. The molecule has 4 unspecified atom stereocenters. The minimum absolute atomic E-state index is 0.0920. The second-order valence-electron chi connectivity index (χ2n) is 5.34. The molecule has 1 heterocycles. The van der Waals surface area contributed by atoms with Crippen molar-refractivity contribution in [3.8, 4) is 0 Å². The summed E-state index contributed by atoms with van der Waals surface area (Å²) < 4.78 is 15.4. The molecule has 1 fully saturated rings. The highest BCUT2D eigenvalue weighted by Gasteiger charge is 2.41. The summed E-state index contributed by atoms with van der Waals surface area (Å²) in [6.07, 6.45) is 1.52. The standard InChI is InChI=1S/C14H26BNO6/c1-20-9-11(18)16-6-4-2-3-5-7-21-13-12(19)10(8-17)22-14(13)15/h10,12-14,17,19H,2-9H2,1H3,(H,16,18). The summed E-state index contributed by atoms with van der Waals surface area (Å²) in [5.74, 6) is -0.103. The first kappa shape index (κ1) is 19.4. The Bertz CT molecular complexity index is 320. The number of rotatable bonds is 11. The van der Waals surface area contributed by atoms with Crippen molar-refractivity contribution < 1.29 is 29.2 Å². The molecule has 0 bridgehead atoms. The summed E-state index contributed by atoms with van der Waals surface area (Å²) in [6.45, 7) is 0.937. The van der Waals surface area contributed by atoms with Gasteiger partial charge in [0.05, 0.1) is 6.61 Å². The lowest BCUT2D eigenvalue weighted by Crippen LogP contribution is -2.36. The van der Waals surface area contributed by atoms with Crippen LogP contribution in [0.5, 0.6) is 0 Å². The number of methoxy groups -OCH3 is 1. The minimum atomic E-state index is -0.893. The molecule has 0 saturated carbocycles. The van der Waals surface area contributed by atoms with E-state index < -0.39 is 24.3 Å². The highest BCUT2D eigenvalue weighted by atomic mass is 16.6. The van der Waals surface area contributed by atoms with Gasteiger partial charge in [0.1, 0.15) is 32.8 Å². The van der Waals surface area contributed by atoms with Crippen LogP contribution in [-0.2, 0) is 19.0 Å². The Kier molecular flexibility index (Phi) is 9.66. The van der Waals surface area contributed by atoms with Gasteiger partial charge in [-0.2, -0.15) is 0 Å². The Hall–Kier alpha value is -0.665. The van der Waals surface area contributed by atoms with Crippen LogP contribution in [0.1, 0.15) is 25.7 Å². The molecular formula is C14H26BNO6. The van der Waals surface area contributed by atoms with E-state index in [9.17, 15) is 9.90 Å². The molecule has 1 rings (SSSR count). The summed E-state index contributed by atoms with van der Waals surface area (Å²) >= 11 is 0. The molecule has 2 radical (unpaired) electrons. The number of carbonyl (C=O) groups excluding carboxylic acids is 1. The predicted molar refractivity (Wildman–Crippen MR) is 80.6 cm³/mol. The Morgan fingerprint density at radius 3 is 2.68 bits per heavy atom. The highest BCUT2D eigenvalue weighted by Crippen LogP contribution is 2.22. The van der Waals surface area contributed by atoms with E-state index in [2.05, 4.69) is 5.32 Å². The van der Waals surface area contributed by atoms with E-state index in [0.717, 1.165) is 25.7 Å². The summed E-state index contributed by atoms with van der Waals surface area (Å²) in [4.78, 5) is 11.1. The lowest BCUT2D eigenvalue weighted by Gasteiger charge is -2.18. The van der Waals surface area contributed by atoms with Gasteiger partial charge in [0, 0.05) is 26.3 Å². The molecule has 0 aliphatic carbocycles. The summed E-state index contributed by atoms with van der Waals surface area (Å²) in [7, 11) is 7.19. The average Bonchev–Trinajstić information content (AvgIpc) is 2.77. The zero-order valence-corrected chi connectivity index (χ0v) is 13.1. The number of aliphatic hydroxyl groups excluding tert-OH is 2. The Morgan fingerprint density at radius 1 is 1.32 bits per heavy atom. The number of carbonyl (C=O) groups is 1. The molecule has 1 amide bonds. The van der Waals surface area contributed by atoms with Gasteiger partial charge in [-0.15, -0.1) is 0 Å². The van der Waals surface area contributed by atoms with Gasteiger partial charge >= 0.3 is 0 Å². The first-order valence-electron chi connectivity index (χ1n) is 7.67. The molecule has 3 N–H and O–H groups in total. The molecule has 0 aromatic rings. The Labute approximate surface area is 132 Å². The lowest BCUT2D eigenvalue weighted by atomic mass is 9.93. The second kappa shape index (κ2) is 11.0. The van der Waals surface area contributed by atoms with E-state index >= 15 is 0 Å². The number of ether oxygens (including phenoxy) is 3. The first-order chi connectivity index (χ1) is 10.6. The van der Waals surface area contributed by atoms with Gasteiger partial charge in [-0.1, -0.05) is 12.8 Å². The van der Waals surface area contributed by atoms with Crippen LogP contribution in [-0.4, -0.2) is 81.8 Å². The Morgan fingerprint density at radius 2 is 2.05 bits per heavy atom. The van der Waals surface area contributed by atoms with Crippen LogP contribution in [0.2, 0.25) is 0 Å². The molecule has 0 aromatic carbocycles. The van der Waals surface area contributed by atoms with E-state index in [1.54, 1.807) is 0 Å². The summed E-state index contributed by atoms with van der Waals surface area (Å²) in [6, 6.07) is -0.705. The molecule has 0 aromatic heterocycles. The average molecular weight is 315 g/mol. The van der Waals surface area contributed by atoms with Crippen molar-refractivity contribution >= 4 is 13.8 Å². The molecule has 22 heavy (non-hydrogen) atoms. The third kappa shape index (κ3) is 6.62. The molecule has 1 aliphatic rings. The zero-order chi connectivity index (χ0) is 16.4. The topological polar surface area (TPSA) is 97.3 Å². The van der Waals surface area contributed by atoms with Gasteiger partial charge in [0.2, 0.25) is 5.91 Å². The van der Waals surface area contributed by atoms with E-state index in [0.29, 0.717) is 13.2 Å². The van der Waals surface area contributed by atoms with Gasteiger partial charge in [0.25, 0.3) is 0 Å². The normalized spacial score (nSPS) is 28.0. The van der Waals surface area contributed by atoms with Crippen LogP contribution in [0.4, 0.5) is 0 Å². The number of hydrogen-bond acceptors (Lipinski definition) is 6. The Balaban J connectivity index is 1.98.